The van der Waals surface area contributed by atoms with Gasteiger partial charge in [-0.2, -0.15) is 0 Å². The van der Waals surface area contributed by atoms with Gasteiger partial charge in [-0.3, -0.25) is 0 Å². The molecule has 0 aromatic carbocycles. The van der Waals surface area contributed by atoms with Crippen molar-refractivity contribution in [2.45, 2.75) is 72.1 Å². The smallest absolute Gasteiger partial charge is 0.0207 e. The molecule has 0 aromatic heterocycles. The summed E-state index contributed by atoms with van der Waals surface area (Å²) in [6, 6.07) is 0. The second kappa shape index (κ2) is 4.11. The highest BCUT2D eigenvalue weighted by atomic mass is 14.5. The van der Waals surface area contributed by atoms with E-state index in [2.05, 4.69) is 27.2 Å². The molecule has 2 atom stereocenters. The molecule has 0 spiro atoms. The molecule has 2 unspecified atom stereocenters. The zero-order valence-corrected chi connectivity index (χ0v) is 10.7. The SMILES string of the molecule is C[C]1CCCCC1(C)C1(C)[CH]CCCC1. The molecule has 0 heterocycles. The molecule has 0 amide bonds. The molecule has 0 saturated heterocycles. The van der Waals surface area contributed by atoms with Crippen LogP contribution in [0.4, 0.5) is 0 Å². The minimum absolute atomic E-state index is 0.496. The second-order valence-corrected chi connectivity index (χ2v) is 6.19. The Balaban J connectivity index is 2.17. The Morgan fingerprint density at radius 2 is 1.73 bits per heavy atom. The molecule has 2 radical (unpaired) electrons. The van der Waals surface area contributed by atoms with Crippen molar-refractivity contribution in [1.82, 2.24) is 0 Å². The third-order valence-electron chi connectivity index (χ3n) is 5.43. The quantitative estimate of drug-likeness (QED) is 0.569. The first-order valence-electron chi connectivity index (χ1n) is 6.76. The fraction of sp³-hybridized carbons (Fsp3) is 0.867. The molecule has 0 bridgehead atoms. The van der Waals surface area contributed by atoms with Gasteiger partial charge in [0.15, 0.2) is 0 Å². The van der Waals surface area contributed by atoms with E-state index in [0.717, 1.165) is 0 Å². The molecule has 0 aliphatic heterocycles. The molecule has 2 aliphatic rings. The minimum Gasteiger partial charge on any atom is -0.0588 e. The van der Waals surface area contributed by atoms with Crippen LogP contribution >= 0.6 is 0 Å². The van der Waals surface area contributed by atoms with Gasteiger partial charge in [0.05, 0.1) is 0 Å². The molecule has 0 nitrogen and oxygen atoms in total. The summed E-state index contributed by atoms with van der Waals surface area (Å²) in [6.07, 6.45) is 13.9. The molecule has 0 heteroatoms. The van der Waals surface area contributed by atoms with Crippen molar-refractivity contribution in [3.63, 3.8) is 0 Å². The van der Waals surface area contributed by atoms with Crippen LogP contribution in [0.3, 0.4) is 0 Å². The number of hydrogen-bond donors (Lipinski definition) is 0. The van der Waals surface area contributed by atoms with Crippen LogP contribution < -0.4 is 0 Å². The molecule has 15 heavy (non-hydrogen) atoms. The van der Waals surface area contributed by atoms with Gasteiger partial charge in [-0.05, 0) is 48.9 Å². The average molecular weight is 206 g/mol. The van der Waals surface area contributed by atoms with Gasteiger partial charge in [-0.15, -0.1) is 0 Å². The van der Waals surface area contributed by atoms with E-state index < -0.39 is 0 Å². The normalized spacial score (nSPS) is 37.8. The maximum absolute atomic E-state index is 2.64. The maximum atomic E-state index is 2.64. The van der Waals surface area contributed by atoms with Crippen molar-refractivity contribution in [1.29, 1.82) is 0 Å². The van der Waals surface area contributed by atoms with Gasteiger partial charge in [-0.1, -0.05) is 46.5 Å². The van der Waals surface area contributed by atoms with E-state index in [9.17, 15) is 0 Å². The van der Waals surface area contributed by atoms with Crippen LogP contribution in [0.5, 0.6) is 0 Å². The zero-order chi connectivity index (χ0) is 10.9. The van der Waals surface area contributed by atoms with Gasteiger partial charge in [0, 0.05) is 0 Å². The highest BCUT2D eigenvalue weighted by Gasteiger charge is 2.48. The Morgan fingerprint density at radius 1 is 1.00 bits per heavy atom. The van der Waals surface area contributed by atoms with E-state index in [0.29, 0.717) is 10.8 Å². The Labute approximate surface area is 95.8 Å². The molecule has 2 rings (SSSR count). The third kappa shape index (κ3) is 1.85. The highest BCUT2D eigenvalue weighted by molar-refractivity contribution is 5.16. The fourth-order valence-electron chi connectivity index (χ4n) is 3.79. The first-order valence-corrected chi connectivity index (χ1v) is 6.76. The van der Waals surface area contributed by atoms with Crippen molar-refractivity contribution in [2.24, 2.45) is 10.8 Å². The minimum atomic E-state index is 0.496. The van der Waals surface area contributed by atoms with Crippen LogP contribution in [-0.2, 0) is 0 Å². The summed E-state index contributed by atoms with van der Waals surface area (Å²) in [5, 5.41) is 0. The predicted octanol–water partition coefficient (Wildman–Crippen LogP) is 4.95. The van der Waals surface area contributed by atoms with Gasteiger partial charge >= 0.3 is 0 Å². The molecule has 86 valence electrons. The van der Waals surface area contributed by atoms with Crippen molar-refractivity contribution in [3.05, 3.63) is 12.3 Å². The lowest BCUT2D eigenvalue weighted by molar-refractivity contribution is 0.0566. The van der Waals surface area contributed by atoms with Crippen LogP contribution in [0, 0.1) is 23.2 Å². The zero-order valence-electron chi connectivity index (χ0n) is 10.7. The lowest BCUT2D eigenvalue weighted by atomic mass is 9.50. The van der Waals surface area contributed by atoms with Gasteiger partial charge in [-0.25, -0.2) is 0 Å². The summed E-state index contributed by atoms with van der Waals surface area (Å²) < 4.78 is 0. The Morgan fingerprint density at radius 3 is 2.33 bits per heavy atom. The lowest BCUT2D eigenvalue weighted by Gasteiger charge is -2.54. The summed E-state index contributed by atoms with van der Waals surface area (Å²) in [7, 11) is 0. The van der Waals surface area contributed by atoms with Crippen molar-refractivity contribution in [3.8, 4) is 0 Å². The predicted molar refractivity (Wildman–Crippen MR) is 66.4 cm³/mol. The van der Waals surface area contributed by atoms with Gasteiger partial charge in [0.25, 0.3) is 0 Å². The van der Waals surface area contributed by atoms with Crippen molar-refractivity contribution < 1.29 is 0 Å². The average Bonchev–Trinajstić information content (AvgIpc) is 2.23. The standard InChI is InChI=1S/C15H26/c1-13-9-5-8-12-15(13,3)14(2)10-6-4-7-11-14/h10H,4-9,11-12H2,1-3H3. The summed E-state index contributed by atoms with van der Waals surface area (Å²) in [5.41, 5.74) is 1.00. The first-order chi connectivity index (χ1) is 7.08. The topological polar surface area (TPSA) is 0 Å². The van der Waals surface area contributed by atoms with Gasteiger partial charge < -0.3 is 0 Å². The number of hydrogen-bond acceptors (Lipinski definition) is 0. The Bertz CT molecular complexity index is 212. The Kier molecular flexibility index (Phi) is 3.14. The van der Waals surface area contributed by atoms with E-state index in [1.807, 2.05) is 0 Å². The van der Waals surface area contributed by atoms with Crippen molar-refractivity contribution >= 4 is 0 Å². The van der Waals surface area contributed by atoms with E-state index in [1.54, 1.807) is 5.92 Å². The van der Waals surface area contributed by atoms with Crippen molar-refractivity contribution in [2.75, 3.05) is 0 Å². The summed E-state index contributed by atoms with van der Waals surface area (Å²) in [4.78, 5) is 0. The third-order valence-corrected chi connectivity index (χ3v) is 5.43. The number of rotatable bonds is 1. The van der Waals surface area contributed by atoms with E-state index in [4.69, 9.17) is 0 Å². The molecule has 2 aliphatic carbocycles. The first kappa shape index (κ1) is 11.5. The Hall–Kier alpha value is 0. The van der Waals surface area contributed by atoms with E-state index in [-0.39, 0.29) is 0 Å². The van der Waals surface area contributed by atoms with Crippen LogP contribution in [0.1, 0.15) is 72.1 Å². The summed E-state index contributed by atoms with van der Waals surface area (Å²) in [5.74, 6) is 1.77. The molecule has 2 fully saturated rings. The second-order valence-electron chi connectivity index (χ2n) is 6.19. The van der Waals surface area contributed by atoms with E-state index in [1.165, 1.54) is 51.4 Å². The molecule has 2 saturated carbocycles. The van der Waals surface area contributed by atoms with Gasteiger partial charge in [0.2, 0.25) is 0 Å². The van der Waals surface area contributed by atoms with Crippen LogP contribution in [0.25, 0.3) is 0 Å². The summed E-state index contributed by atoms with van der Waals surface area (Å²) >= 11 is 0. The van der Waals surface area contributed by atoms with Crippen LogP contribution in [0.15, 0.2) is 0 Å². The largest absolute Gasteiger partial charge is 0.0588 e. The molecular formula is C15H26. The summed E-state index contributed by atoms with van der Waals surface area (Å²) in [6.45, 7) is 7.46. The van der Waals surface area contributed by atoms with Crippen LogP contribution in [0.2, 0.25) is 0 Å². The van der Waals surface area contributed by atoms with Gasteiger partial charge in [0.1, 0.15) is 0 Å². The van der Waals surface area contributed by atoms with Crippen LogP contribution in [-0.4, -0.2) is 0 Å². The fourth-order valence-corrected chi connectivity index (χ4v) is 3.79. The molecular weight excluding hydrogens is 180 g/mol. The molecule has 0 N–H and O–H groups in total. The molecule has 0 aromatic rings. The highest BCUT2D eigenvalue weighted by Crippen LogP contribution is 2.58. The van der Waals surface area contributed by atoms with E-state index >= 15 is 0 Å². The lowest BCUT2D eigenvalue weighted by Crippen LogP contribution is -2.44. The maximum Gasteiger partial charge on any atom is -0.0207 e. The monoisotopic (exact) mass is 206 g/mol.